The maximum Gasteiger partial charge on any atom is 0.238 e. The highest BCUT2D eigenvalue weighted by atomic mass is 15.2. The van der Waals surface area contributed by atoms with Gasteiger partial charge in [0.05, 0.1) is 22.1 Å². The first-order valence-corrected chi connectivity index (χ1v) is 20.8. The van der Waals surface area contributed by atoms with Crippen molar-refractivity contribution in [3.8, 4) is 45.5 Å². The van der Waals surface area contributed by atoms with Crippen LogP contribution in [-0.2, 0) is 10.8 Å². The summed E-state index contributed by atoms with van der Waals surface area (Å²) in [5.41, 5.74) is 12.9. The molecule has 11 rings (SSSR count). The lowest BCUT2D eigenvalue weighted by atomic mass is 9.58. The SMILES string of the molecule is CC1CC(C)(C)c2cc(-n3c4ccccc4c4cc5c6ccccc6n(-c6nc(-c7ccccc7)nc(-c7ccc(-c8ccccc8)cc7)n6)c5cc43)ccc2C1(C)C. The van der Waals surface area contributed by atoms with Crippen LogP contribution >= 0.6 is 0 Å². The maximum atomic E-state index is 5.30. The van der Waals surface area contributed by atoms with Crippen LogP contribution in [0.4, 0.5) is 0 Å². The molecule has 0 N–H and O–H groups in total. The molecule has 0 saturated heterocycles. The monoisotopic (exact) mass is 763 g/mol. The predicted octanol–water partition coefficient (Wildman–Crippen LogP) is 13.7. The first kappa shape index (κ1) is 35.3. The van der Waals surface area contributed by atoms with Crippen molar-refractivity contribution < 1.29 is 0 Å². The van der Waals surface area contributed by atoms with Crippen LogP contribution in [-0.4, -0.2) is 24.1 Å². The second-order valence-corrected chi connectivity index (χ2v) is 17.6. The zero-order valence-electron chi connectivity index (χ0n) is 34.1. The normalized spacial score (nSPS) is 15.9. The minimum Gasteiger partial charge on any atom is -0.309 e. The van der Waals surface area contributed by atoms with Gasteiger partial charge < -0.3 is 4.57 Å². The van der Waals surface area contributed by atoms with Gasteiger partial charge >= 0.3 is 0 Å². The summed E-state index contributed by atoms with van der Waals surface area (Å²) in [6.45, 7) is 12.1. The summed E-state index contributed by atoms with van der Waals surface area (Å²) in [5, 5.41) is 4.78. The van der Waals surface area contributed by atoms with Gasteiger partial charge in [0.25, 0.3) is 0 Å². The second kappa shape index (κ2) is 13.1. The van der Waals surface area contributed by atoms with Gasteiger partial charge in [0.15, 0.2) is 11.6 Å². The van der Waals surface area contributed by atoms with Gasteiger partial charge in [-0.05, 0) is 81.8 Å². The maximum absolute atomic E-state index is 5.30. The van der Waals surface area contributed by atoms with Crippen molar-refractivity contribution in [2.24, 2.45) is 5.92 Å². The molecule has 59 heavy (non-hydrogen) atoms. The molecular weight excluding hydrogens is 719 g/mol. The zero-order valence-corrected chi connectivity index (χ0v) is 34.1. The van der Waals surface area contributed by atoms with Gasteiger partial charge in [-0.2, -0.15) is 9.97 Å². The number of nitrogens with zero attached hydrogens (tertiary/aromatic N) is 5. The number of rotatable bonds is 5. The van der Waals surface area contributed by atoms with E-state index in [9.17, 15) is 0 Å². The standard InChI is InChI=1S/C54H45N5/c1-34-33-53(2,3)45-30-39(28-29-44(45)54(34,4)5)58-46-22-14-12-20-40(46)42-31-43-41-21-13-15-23-47(41)59(49(43)32-48(42)58)52-56-50(37-18-10-7-11-19-37)55-51(57-52)38-26-24-36(25-27-38)35-16-8-6-9-17-35/h6-32,34H,33H2,1-5H3. The molecule has 1 atom stereocenters. The van der Waals surface area contributed by atoms with Crippen molar-refractivity contribution in [3.63, 3.8) is 0 Å². The third-order valence-electron chi connectivity index (χ3n) is 13.3. The van der Waals surface area contributed by atoms with Crippen molar-refractivity contribution >= 4 is 43.6 Å². The summed E-state index contributed by atoms with van der Waals surface area (Å²) in [4.78, 5) is 15.7. The Morgan fingerprint density at radius 2 is 0.949 bits per heavy atom. The largest absolute Gasteiger partial charge is 0.309 e. The average Bonchev–Trinajstić information content (AvgIpc) is 3.77. The number of aromatic nitrogens is 5. The highest BCUT2D eigenvalue weighted by Crippen LogP contribution is 2.50. The topological polar surface area (TPSA) is 48.5 Å². The van der Waals surface area contributed by atoms with E-state index in [4.69, 9.17) is 15.0 Å². The van der Waals surface area contributed by atoms with Gasteiger partial charge in [-0.15, -0.1) is 0 Å². The van der Waals surface area contributed by atoms with Gasteiger partial charge in [-0.25, -0.2) is 4.98 Å². The number of para-hydroxylation sites is 2. The first-order chi connectivity index (χ1) is 28.7. The minimum atomic E-state index is 0.0629. The third kappa shape index (κ3) is 5.55. The molecule has 0 saturated carbocycles. The summed E-state index contributed by atoms with van der Waals surface area (Å²) in [7, 11) is 0. The van der Waals surface area contributed by atoms with Crippen LogP contribution < -0.4 is 0 Å². The molecule has 0 aliphatic heterocycles. The van der Waals surface area contributed by atoms with Gasteiger partial charge in [0.2, 0.25) is 5.95 Å². The number of hydrogen-bond donors (Lipinski definition) is 0. The minimum absolute atomic E-state index is 0.0629. The van der Waals surface area contributed by atoms with E-state index in [1.807, 2.05) is 24.3 Å². The predicted molar refractivity (Wildman–Crippen MR) is 245 cm³/mol. The van der Waals surface area contributed by atoms with Crippen LogP contribution in [0.25, 0.3) is 89.2 Å². The molecule has 0 amide bonds. The first-order valence-electron chi connectivity index (χ1n) is 20.8. The number of fused-ring (bicyclic) bond motifs is 7. The quantitative estimate of drug-likeness (QED) is 0.175. The molecule has 0 radical (unpaired) electrons. The summed E-state index contributed by atoms with van der Waals surface area (Å²) in [5.74, 6) is 2.43. The van der Waals surface area contributed by atoms with Crippen LogP contribution in [0, 0.1) is 5.92 Å². The molecule has 0 spiro atoms. The molecule has 3 heterocycles. The van der Waals surface area contributed by atoms with Gasteiger partial charge in [-0.3, -0.25) is 4.57 Å². The molecule has 1 unspecified atom stereocenters. The fourth-order valence-electron chi connectivity index (χ4n) is 9.87. The van der Waals surface area contributed by atoms with E-state index in [-0.39, 0.29) is 10.8 Å². The molecule has 5 heteroatoms. The smallest absolute Gasteiger partial charge is 0.238 e. The van der Waals surface area contributed by atoms with Gasteiger partial charge in [0, 0.05) is 38.4 Å². The Morgan fingerprint density at radius 3 is 1.59 bits per heavy atom. The van der Waals surface area contributed by atoms with Crippen LogP contribution in [0.1, 0.15) is 52.2 Å². The highest BCUT2D eigenvalue weighted by Gasteiger charge is 2.42. The Balaban J connectivity index is 1.17. The summed E-state index contributed by atoms with van der Waals surface area (Å²) in [6, 6.07) is 58.6. The Kier molecular flexibility index (Phi) is 7.83. The van der Waals surface area contributed by atoms with E-state index < -0.39 is 0 Å². The van der Waals surface area contributed by atoms with E-state index in [0.717, 1.165) is 50.4 Å². The Morgan fingerprint density at radius 1 is 0.441 bits per heavy atom. The van der Waals surface area contributed by atoms with Crippen LogP contribution in [0.2, 0.25) is 0 Å². The van der Waals surface area contributed by atoms with Crippen molar-refractivity contribution in [2.75, 3.05) is 0 Å². The third-order valence-corrected chi connectivity index (χ3v) is 13.3. The molecule has 1 aliphatic carbocycles. The molecule has 0 fully saturated rings. The zero-order chi connectivity index (χ0) is 40.0. The van der Waals surface area contributed by atoms with E-state index in [0.29, 0.717) is 23.5 Å². The lowest BCUT2D eigenvalue weighted by molar-refractivity contribution is 0.233. The van der Waals surface area contributed by atoms with E-state index >= 15 is 0 Å². The summed E-state index contributed by atoms with van der Waals surface area (Å²) >= 11 is 0. The fraction of sp³-hybridized carbons (Fsp3) is 0.167. The Labute approximate surface area is 344 Å². The van der Waals surface area contributed by atoms with Crippen molar-refractivity contribution in [1.29, 1.82) is 0 Å². The average molecular weight is 764 g/mol. The molecule has 5 nitrogen and oxygen atoms in total. The number of benzene rings is 7. The van der Waals surface area contributed by atoms with Crippen LogP contribution in [0.5, 0.6) is 0 Å². The lowest BCUT2D eigenvalue weighted by Gasteiger charge is -2.46. The van der Waals surface area contributed by atoms with Crippen LogP contribution in [0.15, 0.2) is 164 Å². The molecule has 0 bridgehead atoms. The Hall–Kier alpha value is -6.85. The van der Waals surface area contributed by atoms with Gasteiger partial charge in [-0.1, -0.05) is 162 Å². The molecular formula is C54H45N5. The van der Waals surface area contributed by atoms with Gasteiger partial charge in [0.1, 0.15) is 0 Å². The van der Waals surface area contributed by atoms with E-state index in [2.05, 4.69) is 183 Å². The van der Waals surface area contributed by atoms with Crippen molar-refractivity contribution in [1.82, 2.24) is 24.1 Å². The molecule has 10 aromatic rings. The van der Waals surface area contributed by atoms with E-state index in [1.54, 1.807) is 0 Å². The molecule has 286 valence electrons. The summed E-state index contributed by atoms with van der Waals surface area (Å²) < 4.78 is 4.71. The molecule has 1 aliphatic rings. The second-order valence-electron chi connectivity index (χ2n) is 17.6. The van der Waals surface area contributed by atoms with Crippen LogP contribution in [0.3, 0.4) is 0 Å². The van der Waals surface area contributed by atoms with Crippen molar-refractivity contribution in [2.45, 2.75) is 51.9 Å². The fourth-order valence-corrected chi connectivity index (χ4v) is 9.87. The lowest BCUT2D eigenvalue weighted by Crippen LogP contribution is -2.40. The highest BCUT2D eigenvalue weighted by molar-refractivity contribution is 6.19. The Bertz CT molecular complexity index is 3240. The molecule has 3 aromatic heterocycles. The van der Waals surface area contributed by atoms with E-state index in [1.165, 1.54) is 38.7 Å². The number of hydrogen-bond acceptors (Lipinski definition) is 3. The molecule has 7 aromatic carbocycles. The summed E-state index contributed by atoms with van der Waals surface area (Å²) in [6.07, 6.45) is 1.15. The van der Waals surface area contributed by atoms with Crippen molar-refractivity contribution in [3.05, 3.63) is 175 Å².